The molecule has 94 valence electrons. The predicted octanol–water partition coefficient (Wildman–Crippen LogP) is 1.40. The summed E-state index contributed by atoms with van der Waals surface area (Å²) >= 11 is 3.38. The Morgan fingerprint density at radius 1 is 1.71 bits per heavy atom. The quantitative estimate of drug-likeness (QED) is 0.858. The van der Waals surface area contributed by atoms with Crippen LogP contribution in [0.5, 0.6) is 0 Å². The number of ether oxygens (including phenoxy) is 1. The first kappa shape index (κ1) is 12.7. The molecule has 1 atom stereocenters. The van der Waals surface area contributed by atoms with Gasteiger partial charge in [-0.1, -0.05) is 0 Å². The molecular weight excluding hydrogens is 286 g/mol. The fourth-order valence-corrected chi connectivity index (χ4v) is 2.33. The zero-order valence-corrected chi connectivity index (χ0v) is 11.5. The number of ketones is 1. The third-order valence-corrected chi connectivity index (χ3v) is 3.29. The molecule has 0 spiro atoms. The maximum atomic E-state index is 12.4. The van der Waals surface area contributed by atoms with Gasteiger partial charge in [0.1, 0.15) is 5.69 Å². The van der Waals surface area contributed by atoms with Crippen LogP contribution in [-0.4, -0.2) is 41.4 Å². The van der Waals surface area contributed by atoms with Crippen LogP contribution in [-0.2, 0) is 4.74 Å². The number of hydrogen-bond donors (Lipinski definition) is 1. The van der Waals surface area contributed by atoms with Gasteiger partial charge in [-0.2, -0.15) is 5.10 Å². The van der Waals surface area contributed by atoms with Gasteiger partial charge < -0.3 is 10.1 Å². The highest BCUT2D eigenvalue weighted by Gasteiger charge is 2.28. The van der Waals surface area contributed by atoms with E-state index in [0.29, 0.717) is 25.5 Å². The maximum absolute atomic E-state index is 12.4. The van der Waals surface area contributed by atoms with Crippen molar-refractivity contribution in [3.05, 3.63) is 16.4 Å². The van der Waals surface area contributed by atoms with Gasteiger partial charge in [0.25, 0.3) is 0 Å². The molecular formula is C11H16BrN3O2. The minimum atomic E-state index is -0.269. The first-order valence-corrected chi connectivity index (χ1v) is 6.49. The van der Waals surface area contributed by atoms with E-state index in [-0.39, 0.29) is 17.9 Å². The van der Waals surface area contributed by atoms with E-state index in [1.54, 1.807) is 10.9 Å². The number of Topliss-reactive ketones (excluding diaryl/α,β-unsaturated/α-hetero) is 1. The lowest BCUT2D eigenvalue weighted by molar-refractivity contribution is 0.0598. The van der Waals surface area contributed by atoms with Gasteiger partial charge in [0, 0.05) is 12.6 Å². The Hall–Kier alpha value is -0.720. The summed E-state index contributed by atoms with van der Waals surface area (Å²) in [5.41, 5.74) is 0.614. The van der Waals surface area contributed by atoms with Crippen molar-refractivity contribution >= 4 is 21.7 Å². The molecule has 5 nitrogen and oxygen atoms in total. The van der Waals surface area contributed by atoms with Crippen molar-refractivity contribution in [3.63, 3.8) is 0 Å². The van der Waals surface area contributed by atoms with E-state index < -0.39 is 0 Å². The second-order valence-corrected chi connectivity index (χ2v) is 5.18. The number of hydrogen-bond acceptors (Lipinski definition) is 4. The van der Waals surface area contributed by atoms with Crippen LogP contribution in [0.25, 0.3) is 0 Å². The van der Waals surface area contributed by atoms with Crippen molar-refractivity contribution in [2.24, 2.45) is 0 Å². The number of halogens is 1. The molecule has 2 heterocycles. The first-order valence-electron chi connectivity index (χ1n) is 5.69. The van der Waals surface area contributed by atoms with Crippen molar-refractivity contribution in [2.45, 2.75) is 25.9 Å². The largest absolute Gasteiger partial charge is 0.378 e. The number of nitrogens with one attached hydrogen (secondary N) is 1. The highest BCUT2D eigenvalue weighted by atomic mass is 79.9. The van der Waals surface area contributed by atoms with Crippen LogP contribution in [0.2, 0.25) is 0 Å². The van der Waals surface area contributed by atoms with Crippen molar-refractivity contribution < 1.29 is 9.53 Å². The Balaban J connectivity index is 2.26. The van der Waals surface area contributed by atoms with Crippen LogP contribution in [0.15, 0.2) is 10.7 Å². The Morgan fingerprint density at radius 2 is 2.47 bits per heavy atom. The molecule has 0 saturated carbocycles. The molecule has 0 amide bonds. The number of carbonyl (C=O) groups is 1. The van der Waals surface area contributed by atoms with Gasteiger partial charge in [-0.25, -0.2) is 0 Å². The number of nitrogens with zero attached hydrogens (tertiary/aromatic N) is 2. The zero-order chi connectivity index (χ0) is 12.4. The lowest BCUT2D eigenvalue weighted by Gasteiger charge is -2.23. The fraction of sp³-hybridized carbons (Fsp3) is 0.636. The molecule has 1 aromatic rings. The van der Waals surface area contributed by atoms with E-state index in [4.69, 9.17) is 4.74 Å². The van der Waals surface area contributed by atoms with Crippen molar-refractivity contribution in [2.75, 3.05) is 19.8 Å². The second kappa shape index (κ2) is 5.29. The average molecular weight is 302 g/mol. The summed E-state index contributed by atoms with van der Waals surface area (Å²) in [5, 5.41) is 7.38. The van der Waals surface area contributed by atoms with Gasteiger partial charge in [-0.3, -0.25) is 9.48 Å². The van der Waals surface area contributed by atoms with Gasteiger partial charge in [-0.05, 0) is 29.8 Å². The van der Waals surface area contributed by atoms with Gasteiger partial charge in [0.2, 0.25) is 5.78 Å². The van der Waals surface area contributed by atoms with E-state index in [2.05, 4.69) is 26.3 Å². The lowest BCUT2D eigenvalue weighted by atomic mass is 10.1. The molecule has 2 rings (SSSR count). The Kier molecular flexibility index (Phi) is 3.96. The van der Waals surface area contributed by atoms with Crippen LogP contribution in [0.3, 0.4) is 0 Å². The molecule has 1 aliphatic rings. The van der Waals surface area contributed by atoms with E-state index in [9.17, 15) is 4.79 Å². The van der Waals surface area contributed by atoms with Crippen LogP contribution in [0.1, 0.15) is 30.4 Å². The van der Waals surface area contributed by atoms with E-state index >= 15 is 0 Å². The molecule has 1 unspecified atom stereocenters. The number of morpholine rings is 1. The van der Waals surface area contributed by atoms with Gasteiger partial charge in [0.15, 0.2) is 0 Å². The van der Waals surface area contributed by atoms with Gasteiger partial charge >= 0.3 is 0 Å². The summed E-state index contributed by atoms with van der Waals surface area (Å²) in [6.45, 7) is 5.80. The first-order chi connectivity index (χ1) is 8.11. The van der Waals surface area contributed by atoms with E-state index in [1.807, 2.05) is 13.8 Å². The molecule has 1 N–H and O–H groups in total. The monoisotopic (exact) mass is 301 g/mol. The molecule has 1 aromatic heterocycles. The molecule has 1 aliphatic heterocycles. The summed E-state index contributed by atoms with van der Waals surface area (Å²) < 4.78 is 7.79. The van der Waals surface area contributed by atoms with Crippen LogP contribution < -0.4 is 5.32 Å². The summed E-state index contributed by atoms with van der Waals surface area (Å²) in [7, 11) is 0. The molecule has 0 aromatic carbocycles. The summed E-state index contributed by atoms with van der Waals surface area (Å²) in [5.74, 6) is 0.0303. The van der Waals surface area contributed by atoms with Crippen molar-refractivity contribution in [3.8, 4) is 0 Å². The molecule has 0 radical (unpaired) electrons. The highest BCUT2D eigenvalue weighted by molar-refractivity contribution is 9.10. The third-order valence-electron chi connectivity index (χ3n) is 2.71. The van der Waals surface area contributed by atoms with Crippen LogP contribution in [0.4, 0.5) is 0 Å². The summed E-state index contributed by atoms with van der Waals surface area (Å²) in [6.07, 6.45) is 1.66. The maximum Gasteiger partial charge on any atom is 0.201 e. The molecule has 0 bridgehead atoms. The molecule has 6 heteroatoms. The third kappa shape index (κ3) is 2.59. The average Bonchev–Trinajstić information content (AvgIpc) is 2.71. The summed E-state index contributed by atoms with van der Waals surface area (Å²) in [4.78, 5) is 12.4. The number of rotatable bonds is 3. The SMILES string of the molecule is CC(C)n1ncc(Br)c1C(=O)C1COCCN1. The number of carbonyl (C=O) groups excluding carboxylic acids is 1. The Labute approximate surface area is 109 Å². The Morgan fingerprint density at radius 3 is 3.06 bits per heavy atom. The topological polar surface area (TPSA) is 56.2 Å². The predicted molar refractivity (Wildman–Crippen MR) is 67.3 cm³/mol. The lowest BCUT2D eigenvalue weighted by Crippen LogP contribution is -2.47. The highest BCUT2D eigenvalue weighted by Crippen LogP contribution is 2.21. The second-order valence-electron chi connectivity index (χ2n) is 4.33. The summed E-state index contributed by atoms with van der Waals surface area (Å²) in [6, 6.07) is -0.112. The standard InChI is InChI=1S/C11H16BrN3O2/c1-7(2)15-10(8(12)5-14-15)11(16)9-6-17-4-3-13-9/h5,7,9,13H,3-4,6H2,1-2H3. The smallest absolute Gasteiger partial charge is 0.201 e. The van der Waals surface area contributed by atoms with Gasteiger partial charge in [0.05, 0.1) is 29.9 Å². The zero-order valence-electron chi connectivity index (χ0n) is 9.94. The van der Waals surface area contributed by atoms with E-state index in [1.165, 1.54) is 0 Å². The molecule has 17 heavy (non-hydrogen) atoms. The van der Waals surface area contributed by atoms with E-state index in [0.717, 1.165) is 4.47 Å². The normalized spacial score (nSPS) is 20.8. The van der Waals surface area contributed by atoms with Crippen molar-refractivity contribution in [1.82, 2.24) is 15.1 Å². The molecule has 1 saturated heterocycles. The molecule has 1 fully saturated rings. The number of aromatic nitrogens is 2. The van der Waals surface area contributed by atoms with Gasteiger partial charge in [-0.15, -0.1) is 0 Å². The Bertz CT molecular complexity index is 411. The minimum Gasteiger partial charge on any atom is -0.378 e. The van der Waals surface area contributed by atoms with Crippen LogP contribution in [0, 0.1) is 0 Å². The van der Waals surface area contributed by atoms with Crippen molar-refractivity contribution in [1.29, 1.82) is 0 Å². The fourth-order valence-electron chi connectivity index (χ4n) is 1.86. The minimum absolute atomic E-state index is 0.0303. The molecule has 0 aliphatic carbocycles. The van der Waals surface area contributed by atoms with Crippen LogP contribution >= 0.6 is 15.9 Å².